The van der Waals surface area contributed by atoms with Gasteiger partial charge in [0.05, 0.1) is 19.3 Å². The number of ether oxygens (including phenoxy) is 1. The van der Waals surface area contributed by atoms with Crippen LogP contribution in [0.4, 0.5) is 5.82 Å². The van der Waals surface area contributed by atoms with Crippen molar-refractivity contribution in [2.45, 2.75) is 13.0 Å². The summed E-state index contributed by atoms with van der Waals surface area (Å²) < 4.78 is 5.03. The number of anilines is 1. The molecular formula is C10H13N5O. The molecule has 0 aliphatic carbocycles. The fraction of sp³-hybridized carbons (Fsp3) is 0.300. The van der Waals surface area contributed by atoms with Crippen LogP contribution in [0.2, 0.25) is 0 Å². The predicted octanol–water partition coefficient (Wildman–Crippen LogP) is 1.38. The van der Waals surface area contributed by atoms with Crippen LogP contribution in [0.1, 0.15) is 18.8 Å². The van der Waals surface area contributed by atoms with Crippen molar-refractivity contribution in [2.24, 2.45) is 0 Å². The van der Waals surface area contributed by atoms with E-state index >= 15 is 0 Å². The first-order valence-corrected chi connectivity index (χ1v) is 4.91. The molecule has 0 amide bonds. The summed E-state index contributed by atoms with van der Waals surface area (Å²) >= 11 is 0. The van der Waals surface area contributed by atoms with Crippen LogP contribution in [0.5, 0.6) is 5.75 Å². The average molecular weight is 219 g/mol. The lowest BCUT2D eigenvalue weighted by atomic mass is 10.3. The van der Waals surface area contributed by atoms with Crippen molar-refractivity contribution in [1.82, 2.24) is 20.2 Å². The van der Waals surface area contributed by atoms with E-state index in [2.05, 4.69) is 25.5 Å². The van der Waals surface area contributed by atoms with Crippen LogP contribution in [0.25, 0.3) is 0 Å². The van der Waals surface area contributed by atoms with Crippen LogP contribution in [-0.4, -0.2) is 27.3 Å². The zero-order chi connectivity index (χ0) is 11.4. The molecule has 0 saturated heterocycles. The van der Waals surface area contributed by atoms with Crippen LogP contribution in [0.15, 0.2) is 24.7 Å². The normalized spacial score (nSPS) is 12.1. The SMILES string of the molecule is COc1ccc(NC(C)c2ncn[nH]2)nc1. The predicted molar refractivity (Wildman–Crippen MR) is 59.2 cm³/mol. The van der Waals surface area contributed by atoms with Gasteiger partial charge in [-0.25, -0.2) is 9.97 Å². The van der Waals surface area contributed by atoms with Crippen molar-refractivity contribution in [3.63, 3.8) is 0 Å². The second kappa shape index (κ2) is 4.61. The van der Waals surface area contributed by atoms with E-state index in [-0.39, 0.29) is 6.04 Å². The molecule has 1 unspecified atom stereocenters. The van der Waals surface area contributed by atoms with Crippen molar-refractivity contribution in [1.29, 1.82) is 0 Å². The van der Waals surface area contributed by atoms with E-state index in [1.54, 1.807) is 13.3 Å². The quantitative estimate of drug-likeness (QED) is 0.812. The molecular weight excluding hydrogens is 206 g/mol. The van der Waals surface area contributed by atoms with Crippen LogP contribution in [0, 0.1) is 0 Å². The number of pyridine rings is 1. The molecule has 0 saturated carbocycles. The Labute approximate surface area is 93.1 Å². The minimum absolute atomic E-state index is 0.0309. The molecule has 6 heteroatoms. The third-order valence-corrected chi connectivity index (χ3v) is 2.18. The van der Waals surface area contributed by atoms with Crippen LogP contribution in [0.3, 0.4) is 0 Å². The van der Waals surface area contributed by atoms with Crippen molar-refractivity contribution in [2.75, 3.05) is 12.4 Å². The molecule has 0 spiro atoms. The van der Waals surface area contributed by atoms with Gasteiger partial charge >= 0.3 is 0 Å². The lowest BCUT2D eigenvalue weighted by molar-refractivity contribution is 0.413. The Hall–Kier alpha value is -2.11. The standard InChI is InChI=1S/C10H13N5O/c1-7(10-12-6-13-15-10)14-9-4-3-8(16-2)5-11-9/h3-7H,1-2H3,(H,11,14)(H,12,13,15). The maximum atomic E-state index is 5.03. The fourth-order valence-corrected chi connectivity index (χ4v) is 1.30. The Kier molecular flexibility index (Phi) is 3.00. The van der Waals surface area contributed by atoms with Gasteiger partial charge in [-0.1, -0.05) is 0 Å². The van der Waals surface area contributed by atoms with Crippen molar-refractivity contribution in [3.05, 3.63) is 30.5 Å². The molecule has 2 rings (SSSR count). The maximum absolute atomic E-state index is 5.03. The van der Waals surface area contributed by atoms with E-state index in [9.17, 15) is 0 Å². The first kappa shape index (κ1) is 10.4. The Bertz CT molecular complexity index is 425. The van der Waals surface area contributed by atoms with E-state index in [1.807, 2.05) is 19.1 Å². The van der Waals surface area contributed by atoms with Gasteiger partial charge in [-0.3, -0.25) is 5.10 Å². The van der Waals surface area contributed by atoms with Gasteiger partial charge in [0, 0.05) is 0 Å². The Balaban J connectivity index is 2.03. The van der Waals surface area contributed by atoms with Crippen molar-refractivity contribution < 1.29 is 4.74 Å². The maximum Gasteiger partial charge on any atom is 0.146 e. The van der Waals surface area contributed by atoms with E-state index < -0.39 is 0 Å². The highest BCUT2D eigenvalue weighted by Crippen LogP contribution is 2.16. The number of H-pyrrole nitrogens is 1. The van der Waals surface area contributed by atoms with Crippen LogP contribution >= 0.6 is 0 Å². The summed E-state index contributed by atoms with van der Waals surface area (Å²) in [4.78, 5) is 8.27. The monoisotopic (exact) mass is 219 g/mol. The Morgan fingerprint density at radius 1 is 1.38 bits per heavy atom. The molecule has 6 nitrogen and oxygen atoms in total. The van der Waals surface area contributed by atoms with E-state index in [4.69, 9.17) is 4.74 Å². The molecule has 0 bridgehead atoms. The number of hydrogen-bond acceptors (Lipinski definition) is 5. The van der Waals surface area contributed by atoms with E-state index in [0.717, 1.165) is 17.4 Å². The van der Waals surface area contributed by atoms with E-state index in [0.29, 0.717) is 0 Å². The van der Waals surface area contributed by atoms with Crippen LogP contribution < -0.4 is 10.1 Å². The van der Waals surface area contributed by atoms with Gasteiger partial charge in [-0.05, 0) is 19.1 Å². The molecule has 1 atom stereocenters. The first-order valence-electron chi connectivity index (χ1n) is 4.91. The highest BCUT2D eigenvalue weighted by Gasteiger charge is 2.08. The number of hydrogen-bond donors (Lipinski definition) is 2. The number of nitrogens with zero attached hydrogens (tertiary/aromatic N) is 3. The summed E-state index contributed by atoms with van der Waals surface area (Å²) in [6.45, 7) is 1.98. The van der Waals surface area contributed by atoms with Gasteiger partial charge in [0.25, 0.3) is 0 Å². The highest BCUT2D eigenvalue weighted by molar-refractivity contribution is 5.38. The molecule has 0 aliphatic heterocycles. The number of rotatable bonds is 4. The average Bonchev–Trinajstić information content (AvgIpc) is 2.83. The lowest BCUT2D eigenvalue weighted by Crippen LogP contribution is -2.09. The van der Waals surface area contributed by atoms with Gasteiger partial charge in [0.2, 0.25) is 0 Å². The molecule has 2 aromatic heterocycles. The van der Waals surface area contributed by atoms with E-state index in [1.165, 1.54) is 6.33 Å². The molecule has 2 aromatic rings. The molecule has 0 aromatic carbocycles. The smallest absolute Gasteiger partial charge is 0.146 e. The fourth-order valence-electron chi connectivity index (χ4n) is 1.30. The largest absolute Gasteiger partial charge is 0.495 e. The zero-order valence-corrected chi connectivity index (χ0v) is 9.14. The third kappa shape index (κ3) is 2.28. The summed E-state index contributed by atoms with van der Waals surface area (Å²) in [6, 6.07) is 3.73. The number of methoxy groups -OCH3 is 1. The number of aromatic nitrogens is 4. The molecule has 0 fully saturated rings. The van der Waals surface area contributed by atoms with Crippen molar-refractivity contribution >= 4 is 5.82 Å². The number of aromatic amines is 1. The summed E-state index contributed by atoms with van der Waals surface area (Å²) in [5.41, 5.74) is 0. The Morgan fingerprint density at radius 3 is 2.81 bits per heavy atom. The summed E-state index contributed by atoms with van der Waals surface area (Å²) in [7, 11) is 1.61. The first-order chi connectivity index (χ1) is 7.79. The molecule has 84 valence electrons. The molecule has 2 heterocycles. The summed E-state index contributed by atoms with van der Waals surface area (Å²) in [5, 5.41) is 9.79. The molecule has 16 heavy (non-hydrogen) atoms. The van der Waals surface area contributed by atoms with Crippen molar-refractivity contribution in [3.8, 4) is 5.75 Å². The van der Waals surface area contributed by atoms with Gasteiger partial charge in [0.15, 0.2) is 0 Å². The molecule has 0 aliphatic rings. The topological polar surface area (TPSA) is 75.7 Å². The summed E-state index contributed by atoms with van der Waals surface area (Å²) in [5.74, 6) is 2.28. The summed E-state index contributed by atoms with van der Waals surface area (Å²) in [6.07, 6.45) is 3.14. The lowest BCUT2D eigenvalue weighted by Gasteiger charge is -2.11. The minimum Gasteiger partial charge on any atom is -0.495 e. The van der Waals surface area contributed by atoms with Gasteiger partial charge in [-0.2, -0.15) is 5.10 Å². The minimum atomic E-state index is 0.0309. The van der Waals surface area contributed by atoms with Gasteiger partial charge in [0.1, 0.15) is 23.7 Å². The van der Waals surface area contributed by atoms with Gasteiger partial charge in [-0.15, -0.1) is 0 Å². The second-order valence-electron chi connectivity index (χ2n) is 3.32. The Morgan fingerprint density at radius 2 is 2.25 bits per heavy atom. The number of nitrogens with one attached hydrogen (secondary N) is 2. The van der Waals surface area contributed by atoms with Gasteiger partial charge < -0.3 is 10.1 Å². The third-order valence-electron chi connectivity index (χ3n) is 2.18. The molecule has 2 N–H and O–H groups in total. The zero-order valence-electron chi connectivity index (χ0n) is 9.14. The van der Waals surface area contributed by atoms with Crippen LogP contribution in [-0.2, 0) is 0 Å². The molecule has 0 radical (unpaired) electrons. The highest BCUT2D eigenvalue weighted by atomic mass is 16.5. The second-order valence-corrected chi connectivity index (χ2v) is 3.32.